The molecule has 0 aromatic heterocycles. The molecule has 4 aliphatic carbocycles. The van der Waals surface area contributed by atoms with E-state index in [0.29, 0.717) is 11.3 Å². The zero-order chi connectivity index (χ0) is 20.4. The zero-order valence-corrected chi connectivity index (χ0v) is 19.0. The first-order chi connectivity index (χ1) is 13.8. The standard InChI is InChI=1S/C25H42N2O2/c1-23(2)20-7-5-17-18-6-8-22(28)25(18,4)12-9-19(17)24(20,3)13-10-21(23)27-29-16-11-14-26-15-16/h16-20,22,26,28H,5-15H2,1-4H3/t16-,17+,18+,19+,20?,22+,24-,25+/m1/s1. The minimum atomic E-state index is -0.0669. The summed E-state index contributed by atoms with van der Waals surface area (Å²) >= 11 is 0. The molecule has 0 spiro atoms. The molecule has 1 saturated heterocycles. The van der Waals surface area contributed by atoms with Gasteiger partial charge in [-0.2, -0.15) is 0 Å². The SMILES string of the molecule is CC1(C)C(=NO[C@@H]2CCNC2)CC[C@@]2(C)C1CC[C@H]1[C@@H]3CC[C@H](O)[C@@]3(C)CC[C@@H]12. The van der Waals surface area contributed by atoms with Crippen molar-refractivity contribution in [2.24, 2.45) is 45.1 Å². The normalized spacial score (nSPS) is 52.7. The lowest BCUT2D eigenvalue weighted by Crippen LogP contribution is -2.58. The van der Waals surface area contributed by atoms with Crippen molar-refractivity contribution in [1.82, 2.24) is 5.32 Å². The Morgan fingerprint density at radius 1 is 0.931 bits per heavy atom. The predicted octanol–water partition coefficient (Wildman–Crippen LogP) is 4.76. The van der Waals surface area contributed by atoms with Crippen LogP contribution in [0.15, 0.2) is 5.16 Å². The molecule has 8 atom stereocenters. The van der Waals surface area contributed by atoms with Crippen LogP contribution in [-0.4, -0.2) is 36.1 Å². The molecule has 1 unspecified atom stereocenters. The van der Waals surface area contributed by atoms with Gasteiger partial charge in [-0.25, -0.2) is 0 Å². The van der Waals surface area contributed by atoms with Crippen molar-refractivity contribution in [2.75, 3.05) is 13.1 Å². The summed E-state index contributed by atoms with van der Waals surface area (Å²) in [6, 6.07) is 0. The molecule has 1 aliphatic heterocycles. The Balaban J connectivity index is 1.38. The highest BCUT2D eigenvalue weighted by Crippen LogP contribution is 2.68. The fourth-order valence-corrected chi connectivity index (χ4v) is 8.90. The molecule has 0 aromatic rings. The Morgan fingerprint density at radius 2 is 1.72 bits per heavy atom. The molecule has 4 heteroatoms. The molecule has 5 fully saturated rings. The summed E-state index contributed by atoms with van der Waals surface area (Å²) < 4.78 is 0. The van der Waals surface area contributed by atoms with E-state index in [4.69, 9.17) is 9.99 Å². The maximum absolute atomic E-state index is 10.7. The molecular formula is C25H42N2O2. The monoisotopic (exact) mass is 402 g/mol. The molecule has 4 nitrogen and oxygen atoms in total. The zero-order valence-electron chi connectivity index (χ0n) is 19.0. The van der Waals surface area contributed by atoms with Gasteiger partial charge < -0.3 is 15.3 Å². The molecule has 1 heterocycles. The number of hydrogen-bond acceptors (Lipinski definition) is 4. The summed E-state index contributed by atoms with van der Waals surface area (Å²) in [5, 5.41) is 18.8. The second-order valence-corrected chi connectivity index (χ2v) is 12.1. The van der Waals surface area contributed by atoms with Crippen LogP contribution in [0.3, 0.4) is 0 Å². The number of nitrogens with one attached hydrogen (secondary N) is 1. The number of aliphatic hydroxyl groups is 1. The van der Waals surface area contributed by atoms with Gasteiger partial charge in [-0.3, -0.25) is 0 Å². The number of fused-ring (bicyclic) bond motifs is 5. The second kappa shape index (κ2) is 6.95. The number of aliphatic hydroxyl groups excluding tert-OH is 1. The van der Waals surface area contributed by atoms with Gasteiger partial charge in [0.25, 0.3) is 0 Å². The van der Waals surface area contributed by atoms with Gasteiger partial charge in [-0.15, -0.1) is 0 Å². The first-order valence-electron chi connectivity index (χ1n) is 12.4. The average molecular weight is 403 g/mol. The Morgan fingerprint density at radius 3 is 2.48 bits per heavy atom. The number of hydrogen-bond donors (Lipinski definition) is 2. The van der Waals surface area contributed by atoms with Crippen molar-refractivity contribution in [3.05, 3.63) is 0 Å². The molecule has 5 aliphatic rings. The topological polar surface area (TPSA) is 53.8 Å². The average Bonchev–Trinajstić information content (AvgIpc) is 3.29. The molecule has 29 heavy (non-hydrogen) atoms. The molecule has 164 valence electrons. The van der Waals surface area contributed by atoms with Crippen molar-refractivity contribution >= 4 is 5.71 Å². The van der Waals surface area contributed by atoms with E-state index < -0.39 is 0 Å². The van der Waals surface area contributed by atoms with Crippen molar-refractivity contribution in [2.45, 2.75) is 97.7 Å². The van der Waals surface area contributed by atoms with Crippen LogP contribution in [0.5, 0.6) is 0 Å². The molecule has 0 radical (unpaired) electrons. The molecular weight excluding hydrogens is 360 g/mol. The van der Waals surface area contributed by atoms with E-state index in [2.05, 4.69) is 33.0 Å². The lowest BCUT2D eigenvalue weighted by Gasteiger charge is -2.63. The maximum Gasteiger partial charge on any atom is 0.141 e. The third-order valence-corrected chi connectivity index (χ3v) is 10.7. The minimum absolute atomic E-state index is 0.0669. The van der Waals surface area contributed by atoms with E-state index in [1.807, 2.05) is 0 Å². The summed E-state index contributed by atoms with van der Waals surface area (Å²) in [5.74, 6) is 3.09. The van der Waals surface area contributed by atoms with E-state index >= 15 is 0 Å². The van der Waals surface area contributed by atoms with Gasteiger partial charge in [0.1, 0.15) is 6.10 Å². The van der Waals surface area contributed by atoms with Crippen molar-refractivity contribution < 1.29 is 9.94 Å². The number of oxime groups is 1. The first-order valence-corrected chi connectivity index (χ1v) is 12.4. The van der Waals surface area contributed by atoms with E-state index in [0.717, 1.165) is 50.1 Å². The van der Waals surface area contributed by atoms with E-state index in [1.54, 1.807) is 0 Å². The van der Waals surface area contributed by atoms with Gasteiger partial charge >= 0.3 is 0 Å². The molecule has 4 saturated carbocycles. The van der Waals surface area contributed by atoms with E-state index in [9.17, 15) is 5.11 Å². The van der Waals surface area contributed by atoms with Gasteiger partial charge in [0.15, 0.2) is 0 Å². The fourth-order valence-electron chi connectivity index (χ4n) is 8.90. The summed E-state index contributed by atoms with van der Waals surface area (Å²) in [4.78, 5) is 5.98. The highest BCUT2D eigenvalue weighted by Gasteiger charge is 2.62. The summed E-state index contributed by atoms with van der Waals surface area (Å²) in [6.07, 6.45) is 11.1. The van der Waals surface area contributed by atoms with Crippen molar-refractivity contribution in [3.8, 4) is 0 Å². The Kier molecular flexibility index (Phi) is 4.87. The van der Waals surface area contributed by atoms with E-state index in [1.165, 1.54) is 44.2 Å². The Bertz CT molecular complexity index is 670. The lowest BCUT2D eigenvalue weighted by atomic mass is 9.41. The van der Waals surface area contributed by atoms with Gasteiger partial charge in [0, 0.05) is 18.4 Å². The largest absolute Gasteiger partial charge is 0.393 e. The van der Waals surface area contributed by atoms with E-state index in [-0.39, 0.29) is 23.0 Å². The third-order valence-electron chi connectivity index (χ3n) is 10.7. The van der Waals surface area contributed by atoms with Crippen LogP contribution in [0.25, 0.3) is 0 Å². The lowest BCUT2D eigenvalue weighted by molar-refractivity contribution is -0.131. The van der Waals surface area contributed by atoms with Gasteiger partial charge in [-0.05, 0) is 92.4 Å². The summed E-state index contributed by atoms with van der Waals surface area (Å²) in [7, 11) is 0. The number of nitrogens with zero attached hydrogens (tertiary/aromatic N) is 1. The van der Waals surface area contributed by atoms with Gasteiger partial charge in [0.05, 0.1) is 11.8 Å². The smallest absolute Gasteiger partial charge is 0.141 e. The van der Waals surface area contributed by atoms with Crippen LogP contribution in [0, 0.1) is 39.9 Å². The van der Waals surface area contributed by atoms with Crippen LogP contribution < -0.4 is 5.32 Å². The Hall–Kier alpha value is -0.610. The summed E-state index contributed by atoms with van der Waals surface area (Å²) in [5.41, 5.74) is 2.03. The molecule has 0 amide bonds. The highest BCUT2D eigenvalue weighted by atomic mass is 16.6. The fraction of sp³-hybridized carbons (Fsp3) is 0.960. The van der Waals surface area contributed by atoms with Crippen LogP contribution in [0.2, 0.25) is 0 Å². The van der Waals surface area contributed by atoms with Crippen LogP contribution in [0.4, 0.5) is 0 Å². The number of rotatable bonds is 2. The van der Waals surface area contributed by atoms with Crippen LogP contribution >= 0.6 is 0 Å². The molecule has 0 aromatic carbocycles. The quantitative estimate of drug-likeness (QED) is 0.655. The first kappa shape index (κ1) is 20.3. The second-order valence-electron chi connectivity index (χ2n) is 12.1. The van der Waals surface area contributed by atoms with Crippen LogP contribution in [0.1, 0.15) is 85.5 Å². The maximum atomic E-state index is 10.7. The van der Waals surface area contributed by atoms with Crippen LogP contribution in [-0.2, 0) is 4.84 Å². The van der Waals surface area contributed by atoms with Crippen molar-refractivity contribution in [3.63, 3.8) is 0 Å². The summed E-state index contributed by atoms with van der Waals surface area (Å²) in [6.45, 7) is 11.9. The Labute approximate surface area is 177 Å². The minimum Gasteiger partial charge on any atom is -0.393 e. The van der Waals surface area contributed by atoms with Crippen molar-refractivity contribution in [1.29, 1.82) is 0 Å². The molecule has 2 N–H and O–H groups in total. The van der Waals surface area contributed by atoms with Gasteiger partial charge in [0.2, 0.25) is 0 Å². The predicted molar refractivity (Wildman–Crippen MR) is 117 cm³/mol. The molecule has 5 rings (SSSR count). The third kappa shape index (κ3) is 2.95. The highest BCUT2D eigenvalue weighted by molar-refractivity contribution is 5.90. The van der Waals surface area contributed by atoms with Gasteiger partial charge in [-0.1, -0.05) is 32.9 Å². The molecule has 0 bridgehead atoms.